The molecule has 7 heteroatoms. The van der Waals surface area contributed by atoms with E-state index in [0.717, 1.165) is 36.9 Å². The highest BCUT2D eigenvalue weighted by Crippen LogP contribution is 2.47. The average Bonchev–Trinajstić information content (AvgIpc) is 3.40. The molecule has 2 unspecified atom stereocenters. The van der Waals surface area contributed by atoms with E-state index >= 15 is 0 Å². The van der Waals surface area contributed by atoms with Crippen LogP contribution in [0.15, 0.2) is 65.0 Å². The molecule has 1 fully saturated rings. The van der Waals surface area contributed by atoms with E-state index in [1.54, 1.807) is 32.4 Å². The predicted octanol–water partition coefficient (Wildman–Crippen LogP) is 5.26. The highest BCUT2D eigenvalue weighted by molar-refractivity contribution is 6.04. The fraction of sp³-hybridized carbons (Fsp3) is 0.400. The number of phenols is 1. The molecule has 5 rings (SSSR count). The van der Waals surface area contributed by atoms with Crippen molar-refractivity contribution in [2.75, 3.05) is 14.2 Å². The molecule has 0 bridgehead atoms. The van der Waals surface area contributed by atoms with Crippen LogP contribution in [0.2, 0.25) is 0 Å². The van der Waals surface area contributed by atoms with Crippen LogP contribution >= 0.6 is 0 Å². The number of benzene rings is 2. The first kappa shape index (κ1) is 24.9. The number of aromatic hydroxyl groups is 1. The Morgan fingerprint density at radius 1 is 0.973 bits per heavy atom. The molecule has 2 aromatic rings. The Morgan fingerprint density at radius 3 is 2.43 bits per heavy atom. The molecule has 3 aliphatic rings. The van der Waals surface area contributed by atoms with Crippen LogP contribution in [0, 0.1) is 0 Å². The first-order valence-corrected chi connectivity index (χ1v) is 12.9. The van der Waals surface area contributed by atoms with Crippen LogP contribution in [0.25, 0.3) is 0 Å². The van der Waals surface area contributed by atoms with E-state index < -0.39 is 11.9 Å². The molecule has 0 amide bonds. The number of nitrogens with one attached hydrogen (secondary N) is 1. The predicted molar refractivity (Wildman–Crippen MR) is 139 cm³/mol. The van der Waals surface area contributed by atoms with Crippen LogP contribution in [-0.2, 0) is 14.3 Å². The Morgan fingerprint density at radius 2 is 1.73 bits per heavy atom. The summed E-state index contributed by atoms with van der Waals surface area (Å²) in [7, 11) is 3.19. The van der Waals surface area contributed by atoms with Crippen LogP contribution in [0.5, 0.6) is 17.2 Å². The van der Waals surface area contributed by atoms with Gasteiger partial charge in [0.05, 0.1) is 19.8 Å². The molecule has 0 radical (unpaired) electrons. The first-order chi connectivity index (χ1) is 17.9. The van der Waals surface area contributed by atoms with E-state index in [-0.39, 0.29) is 23.6 Å². The van der Waals surface area contributed by atoms with Crippen molar-refractivity contribution in [2.45, 2.75) is 63.4 Å². The molecule has 2 atom stereocenters. The van der Waals surface area contributed by atoms with Gasteiger partial charge < -0.3 is 24.6 Å². The van der Waals surface area contributed by atoms with Gasteiger partial charge in [-0.3, -0.25) is 4.79 Å². The normalized spacial score (nSPS) is 22.0. The lowest BCUT2D eigenvalue weighted by molar-refractivity contribution is -0.144. The van der Waals surface area contributed by atoms with Gasteiger partial charge in [-0.15, -0.1) is 0 Å². The lowest BCUT2D eigenvalue weighted by atomic mass is 9.71. The van der Waals surface area contributed by atoms with E-state index in [2.05, 4.69) is 5.32 Å². The zero-order chi connectivity index (χ0) is 26.1. The highest BCUT2D eigenvalue weighted by Gasteiger charge is 2.42. The molecule has 1 saturated carbocycles. The maximum atomic E-state index is 13.8. The van der Waals surface area contributed by atoms with Crippen LogP contribution in [-0.4, -0.2) is 37.2 Å². The van der Waals surface area contributed by atoms with E-state index in [9.17, 15) is 14.7 Å². The van der Waals surface area contributed by atoms with Crippen molar-refractivity contribution < 1.29 is 28.9 Å². The molecule has 1 aliphatic heterocycles. The standard InChI is InChI=1S/C30H33NO6/c1-17-27(30(34)37-22-9-4-5-10-22)28(19-7-6-8-21(32)13-19)29-23(31-17)14-20(15-24(29)33)18-11-12-25(35-2)26(16-18)36-3/h6-8,11-13,16,20,22,28,31-32H,4-5,9-10,14-15H2,1-3H3. The van der Waals surface area contributed by atoms with E-state index in [4.69, 9.17) is 14.2 Å². The zero-order valence-corrected chi connectivity index (χ0v) is 21.5. The Labute approximate surface area is 217 Å². The second-order valence-electron chi connectivity index (χ2n) is 10.0. The largest absolute Gasteiger partial charge is 0.508 e. The number of hydrogen-bond donors (Lipinski definition) is 2. The minimum atomic E-state index is -0.601. The summed E-state index contributed by atoms with van der Waals surface area (Å²) in [4.78, 5) is 27.3. The lowest BCUT2D eigenvalue weighted by Gasteiger charge is -2.37. The number of carbonyl (C=O) groups excluding carboxylic acids is 2. The van der Waals surface area contributed by atoms with Crippen LogP contribution < -0.4 is 14.8 Å². The van der Waals surface area contributed by atoms with Gasteiger partial charge in [-0.25, -0.2) is 4.79 Å². The number of phenolic OH excluding ortho intramolecular Hbond substituents is 1. The summed E-state index contributed by atoms with van der Waals surface area (Å²) in [5.74, 6) is 0.268. The molecule has 2 aliphatic carbocycles. The number of esters is 1. The van der Waals surface area contributed by atoms with Gasteiger partial charge in [0.25, 0.3) is 0 Å². The van der Waals surface area contributed by atoms with Gasteiger partial charge >= 0.3 is 5.97 Å². The number of Topliss-reactive ketones (excluding diaryl/α,β-unsaturated/α-hetero) is 1. The molecule has 37 heavy (non-hydrogen) atoms. The quantitative estimate of drug-likeness (QED) is 0.520. The molecule has 194 valence electrons. The van der Waals surface area contributed by atoms with Crippen LogP contribution in [0.4, 0.5) is 0 Å². The van der Waals surface area contributed by atoms with Gasteiger partial charge in [0.2, 0.25) is 0 Å². The summed E-state index contributed by atoms with van der Waals surface area (Å²) in [5, 5.41) is 13.6. The third-order valence-electron chi connectivity index (χ3n) is 7.71. The van der Waals surface area contributed by atoms with Crippen molar-refractivity contribution in [3.63, 3.8) is 0 Å². The number of allylic oxidation sites excluding steroid dienone is 3. The number of carbonyl (C=O) groups is 2. The molecule has 2 N–H and O–H groups in total. The molecule has 2 aromatic carbocycles. The molecule has 0 spiro atoms. The summed E-state index contributed by atoms with van der Waals surface area (Å²) in [5.41, 5.74) is 4.18. The van der Waals surface area contributed by atoms with E-state index in [1.165, 1.54) is 0 Å². The Balaban J connectivity index is 1.53. The lowest BCUT2D eigenvalue weighted by Crippen LogP contribution is -2.36. The van der Waals surface area contributed by atoms with Crippen LogP contribution in [0.3, 0.4) is 0 Å². The Bertz CT molecular complexity index is 1290. The van der Waals surface area contributed by atoms with Crippen molar-refractivity contribution in [3.05, 3.63) is 76.1 Å². The number of ketones is 1. The maximum Gasteiger partial charge on any atom is 0.337 e. The molecular formula is C30H33NO6. The summed E-state index contributed by atoms with van der Waals surface area (Å²) in [6.45, 7) is 1.86. The van der Waals surface area contributed by atoms with Crippen LogP contribution in [0.1, 0.15) is 68.4 Å². The van der Waals surface area contributed by atoms with E-state index in [1.807, 2.05) is 31.2 Å². The number of ether oxygens (including phenoxy) is 3. The second kappa shape index (κ2) is 10.3. The highest BCUT2D eigenvalue weighted by atomic mass is 16.5. The van der Waals surface area contributed by atoms with Gasteiger partial charge in [-0.1, -0.05) is 18.2 Å². The fourth-order valence-corrected chi connectivity index (χ4v) is 5.91. The maximum absolute atomic E-state index is 13.8. The van der Waals surface area contributed by atoms with Crippen molar-refractivity contribution in [1.82, 2.24) is 5.32 Å². The van der Waals surface area contributed by atoms with Crippen molar-refractivity contribution >= 4 is 11.8 Å². The minimum Gasteiger partial charge on any atom is -0.508 e. The van der Waals surface area contributed by atoms with E-state index in [0.29, 0.717) is 46.7 Å². The summed E-state index contributed by atoms with van der Waals surface area (Å²) in [6, 6.07) is 12.5. The molecule has 0 saturated heterocycles. The van der Waals surface area contributed by atoms with Gasteiger partial charge in [-0.05, 0) is 80.3 Å². The summed E-state index contributed by atoms with van der Waals surface area (Å²) in [6.07, 6.45) is 4.64. The number of rotatable bonds is 6. The Hall–Kier alpha value is -3.74. The Kier molecular flexibility index (Phi) is 6.96. The molecule has 1 heterocycles. The third-order valence-corrected chi connectivity index (χ3v) is 7.71. The molecule has 0 aromatic heterocycles. The SMILES string of the molecule is COc1ccc(C2CC(=O)C3=C(C2)NC(C)=C(C(=O)OC2CCCC2)C3c2cccc(O)c2)cc1OC. The summed E-state index contributed by atoms with van der Waals surface area (Å²) < 4.78 is 16.7. The summed E-state index contributed by atoms with van der Waals surface area (Å²) >= 11 is 0. The van der Waals surface area contributed by atoms with Crippen molar-refractivity contribution in [3.8, 4) is 17.2 Å². The number of dihydropyridines is 1. The van der Waals surface area contributed by atoms with Crippen molar-refractivity contribution in [1.29, 1.82) is 0 Å². The van der Waals surface area contributed by atoms with Gasteiger partial charge in [0.1, 0.15) is 11.9 Å². The smallest absolute Gasteiger partial charge is 0.337 e. The molecule has 7 nitrogen and oxygen atoms in total. The fourth-order valence-electron chi connectivity index (χ4n) is 5.91. The number of methoxy groups -OCH3 is 2. The third kappa shape index (κ3) is 4.82. The topological polar surface area (TPSA) is 94.1 Å². The van der Waals surface area contributed by atoms with Gasteiger partial charge in [0.15, 0.2) is 17.3 Å². The molecular weight excluding hydrogens is 470 g/mol. The first-order valence-electron chi connectivity index (χ1n) is 12.9. The minimum absolute atomic E-state index is 0.0273. The zero-order valence-electron chi connectivity index (χ0n) is 21.5. The number of hydrogen-bond acceptors (Lipinski definition) is 7. The van der Waals surface area contributed by atoms with Gasteiger partial charge in [0, 0.05) is 29.3 Å². The monoisotopic (exact) mass is 503 g/mol. The average molecular weight is 504 g/mol. The van der Waals surface area contributed by atoms with Crippen molar-refractivity contribution in [2.24, 2.45) is 0 Å². The second-order valence-corrected chi connectivity index (χ2v) is 10.0. The van der Waals surface area contributed by atoms with Gasteiger partial charge in [-0.2, -0.15) is 0 Å².